The number of esters is 1. The SMILES string of the molecule is COC(=O)c1c(-c2cc(OC)c(OC)c(OC)c2)c2cc(OC)c(OCc3ccccc3OC)cc2c(=O)n1-c1ccc(N)cc1.Cl. The van der Waals surface area contributed by atoms with Gasteiger partial charge in [-0.3, -0.25) is 9.36 Å². The normalized spacial score (nSPS) is 10.5. The fourth-order valence-electron chi connectivity index (χ4n) is 5.33. The van der Waals surface area contributed by atoms with Gasteiger partial charge in [-0.2, -0.15) is 0 Å². The van der Waals surface area contributed by atoms with Crippen LogP contribution in [-0.2, 0) is 11.3 Å². The number of halogens is 1. The van der Waals surface area contributed by atoms with E-state index in [1.54, 1.807) is 55.6 Å². The highest BCUT2D eigenvalue weighted by atomic mass is 35.5. The molecule has 0 unspecified atom stereocenters. The molecule has 5 rings (SSSR count). The molecule has 0 saturated heterocycles. The molecule has 47 heavy (non-hydrogen) atoms. The molecule has 0 aliphatic heterocycles. The third-order valence-corrected chi connectivity index (χ3v) is 7.53. The van der Waals surface area contributed by atoms with Gasteiger partial charge in [0, 0.05) is 27.9 Å². The topological polar surface area (TPSA) is 130 Å². The largest absolute Gasteiger partial charge is 0.496 e. The van der Waals surface area contributed by atoms with E-state index in [4.69, 9.17) is 38.9 Å². The molecule has 0 amide bonds. The van der Waals surface area contributed by atoms with Crippen LogP contribution in [0.5, 0.6) is 34.5 Å². The first kappa shape index (κ1) is 34.3. The first-order chi connectivity index (χ1) is 22.3. The molecule has 11 nitrogen and oxygen atoms in total. The van der Waals surface area contributed by atoms with Crippen LogP contribution in [0, 0.1) is 0 Å². The van der Waals surface area contributed by atoms with Gasteiger partial charge in [0.05, 0.1) is 48.0 Å². The van der Waals surface area contributed by atoms with Crippen LogP contribution < -0.4 is 39.7 Å². The number of nitrogen functional groups attached to an aromatic ring is 1. The molecule has 12 heteroatoms. The van der Waals surface area contributed by atoms with Crippen molar-refractivity contribution in [2.75, 3.05) is 48.4 Å². The third-order valence-electron chi connectivity index (χ3n) is 7.53. The van der Waals surface area contributed by atoms with Crippen molar-refractivity contribution in [2.45, 2.75) is 6.61 Å². The summed E-state index contributed by atoms with van der Waals surface area (Å²) in [6.07, 6.45) is 0. The number of aromatic nitrogens is 1. The van der Waals surface area contributed by atoms with E-state index < -0.39 is 11.5 Å². The van der Waals surface area contributed by atoms with E-state index in [1.807, 2.05) is 24.3 Å². The molecule has 0 atom stereocenters. The standard InChI is InChI=1S/C35H34N2O9.ClH/c1-40-26-10-8-7-9-20(26)19-46-28-18-25-24(17-27(28)41-2)31(21-15-29(42-3)33(44-5)30(16-21)43-4)32(35(39)45-6)37(34(25)38)23-13-11-22(36)12-14-23;/h7-18H,19,36H2,1-6H3;1H. The molecule has 0 aliphatic rings. The zero-order chi connectivity index (χ0) is 33.0. The molecule has 4 aromatic carbocycles. The maximum atomic E-state index is 14.4. The lowest BCUT2D eigenvalue weighted by Crippen LogP contribution is -2.27. The molecule has 0 bridgehead atoms. The Morgan fingerprint density at radius 1 is 0.702 bits per heavy atom. The number of anilines is 1. The quantitative estimate of drug-likeness (QED) is 0.131. The van der Waals surface area contributed by atoms with Crippen molar-refractivity contribution in [1.29, 1.82) is 0 Å². The summed E-state index contributed by atoms with van der Waals surface area (Å²) < 4.78 is 40.8. The number of ether oxygens (including phenoxy) is 7. The van der Waals surface area contributed by atoms with Crippen molar-refractivity contribution in [1.82, 2.24) is 4.57 Å². The Morgan fingerprint density at radius 2 is 1.30 bits per heavy atom. The number of pyridine rings is 1. The number of benzene rings is 4. The Kier molecular flexibility index (Phi) is 10.7. The molecule has 2 N–H and O–H groups in total. The number of carbonyl (C=O) groups excluding carboxylic acids is 1. The van der Waals surface area contributed by atoms with Gasteiger partial charge in [0.15, 0.2) is 23.0 Å². The molecule has 1 heterocycles. The van der Waals surface area contributed by atoms with E-state index in [2.05, 4.69) is 0 Å². The second kappa shape index (κ2) is 14.7. The second-order valence-electron chi connectivity index (χ2n) is 10.0. The molecule has 0 aliphatic carbocycles. The zero-order valence-corrected chi connectivity index (χ0v) is 27.6. The first-order valence-corrected chi connectivity index (χ1v) is 14.1. The van der Waals surface area contributed by atoms with E-state index >= 15 is 0 Å². The van der Waals surface area contributed by atoms with Gasteiger partial charge >= 0.3 is 5.97 Å². The number of hydrogen-bond donors (Lipinski definition) is 1. The van der Waals surface area contributed by atoms with Crippen molar-refractivity contribution < 1.29 is 38.0 Å². The Bertz CT molecular complexity index is 1950. The molecular weight excluding hydrogens is 628 g/mol. The minimum Gasteiger partial charge on any atom is -0.496 e. The number of nitrogens with zero attached hydrogens (tertiary/aromatic N) is 1. The lowest BCUT2D eigenvalue weighted by atomic mass is 9.95. The average molecular weight is 663 g/mol. The van der Waals surface area contributed by atoms with Crippen LogP contribution in [0.3, 0.4) is 0 Å². The van der Waals surface area contributed by atoms with Crippen molar-refractivity contribution in [3.8, 4) is 51.3 Å². The maximum absolute atomic E-state index is 14.4. The van der Waals surface area contributed by atoms with Crippen LogP contribution in [0.1, 0.15) is 16.1 Å². The smallest absolute Gasteiger partial charge is 0.355 e. The van der Waals surface area contributed by atoms with Gasteiger partial charge < -0.3 is 38.9 Å². The fraction of sp³-hybridized carbons (Fsp3) is 0.200. The summed E-state index contributed by atoms with van der Waals surface area (Å²) in [4.78, 5) is 28.1. The summed E-state index contributed by atoms with van der Waals surface area (Å²) in [7, 11) is 8.80. The van der Waals surface area contributed by atoms with Crippen LogP contribution >= 0.6 is 12.4 Å². The molecule has 0 fully saturated rings. The lowest BCUT2D eigenvalue weighted by Gasteiger charge is -2.21. The lowest BCUT2D eigenvalue weighted by molar-refractivity contribution is 0.0591. The molecule has 0 saturated carbocycles. The number of hydrogen-bond acceptors (Lipinski definition) is 10. The van der Waals surface area contributed by atoms with Crippen LogP contribution in [0.2, 0.25) is 0 Å². The first-order valence-electron chi connectivity index (χ1n) is 14.1. The van der Waals surface area contributed by atoms with Crippen molar-refractivity contribution in [3.05, 3.63) is 94.4 Å². The molecule has 5 aromatic rings. The second-order valence-corrected chi connectivity index (χ2v) is 10.0. The van der Waals surface area contributed by atoms with E-state index in [9.17, 15) is 9.59 Å². The number of methoxy groups -OCH3 is 6. The van der Waals surface area contributed by atoms with Gasteiger partial charge in [0.2, 0.25) is 5.75 Å². The van der Waals surface area contributed by atoms with Crippen molar-refractivity contribution >= 4 is 34.8 Å². The van der Waals surface area contributed by atoms with E-state index in [0.29, 0.717) is 62.4 Å². The van der Waals surface area contributed by atoms with Crippen molar-refractivity contribution in [2.24, 2.45) is 0 Å². The van der Waals surface area contributed by atoms with Gasteiger partial charge in [-0.1, -0.05) is 18.2 Å². The van der Waals surface area contributed by atoms with Gasteiger partial charge in [-0.25, -0.2) is 4.79 Å². The van der Waals surface area contributed by atoms with Gasteiger partial charge in [0.1, 0.15) is 18.1 Å². The Hall–Kier alpha value is -5.55. The minimum absolute atomic E-state index is 0. The van der Waals surface area contributed by atoms with E-state index in [0.717, 1.165) is 5.56 Å². The molecule has 0 radical (unpaired) electrons. The summed E-state index contributed by atoms with van der Waals surface area (Å²) >= 11 is 0. The monoisotopic (exact) mass is 662 g/mol. The Balaban J connectivity index is 0.00000500. The third kappa shape index (κ3) is 6.43. The summed E-state index contributed by atoms with van der Waals surface area (Å²) in [5, 5.41) is 0.636. The van der Waals surface area contributed by atoms with E-state index in [1.165, 1.54) is 40.1 Å². The summed E-state index contributed by atoms with van der Waals surface area (Å²) in [5.74, 6) is 1.58. The molecular formula is C35H35ClN2O9. The summed E-state index contributed by atoms with van der Waals surface area (Å²) in [6, 6.07) is 20.7. The summed E-state index contributed by atoms with van der Waals surface area (Å²) in [5.41, 5.74) is 7.94. The predicted molar refractivity (Wildman–Crippen MR) is 182 cm³/mol. The van der Waals surface area contributed by atoms with E-state index in [-0.39, 0.29) is 30.1 Å². The summed E-state index contributed by atoms with van der Waals surface area (Å²) in [6.45, 7) is 0.137. The number of nitrogens with two attached hydrogens (primary N) is 1. The molecule has 1 aromatic heterocycles. The minimum atomic E-state index is -0.755. The van der Waals surface area contributed by atoms with Crippen LogP contribution in [0.4, 0.5) is 5.69 Å². The highest BCUT2D eigenvalue weighted by molar-refractivity contribution is 6.08. The fourth-order valence-corrected chi connectivity index (χ4v) is 5.33. The van der Waals surface area contributed by atoms with Crippen molar-refractivity contribution in [3.63, 3.8) is 0 Å². The van der Waals surface area contributed by atoms with Gasteiger partial charge in [-0.05, 0) is 60.2 Å². The van der Waals surface area contributed by atoms with Crippen LogP contribution in [0.25, 0.3) is 27.6 Å². The van der Waals surface area contributed by atoms with Crippen LogP contribution in [-0.4, -0.2) is 53.2 Å². The molecule has 0 spiro atoms. The average Bonchev–Trinajstić information content (AvgIpc) is 3.09. The van der Waals surface area contributed by atoms with Crippen LogP contribution in [0.15, 0.2) is 77.6 Å². The highest BCUT2D eigenvalue weighted by Gasteiger charge is 2.28. The van der Waals surface area contributed by atoms with Gasteiger partial charge in [-0.15, -0.1) is 12.4 Å². The number of carbonyl (C=O) groups is 1. The number of rotatable bonds is 11. The Morgan fingerprint density at radius 3 is 1.87 bits per heavy atom. The zero-order valence-electron chi connectivity index (χ0n) is 26.7. The number of para-hydroxylation sites is 1. The predicted octanol–water partition coefficient (Wildman–Crippen LogP) is 6.07. The maximum Gasteiger partial charge on any atom is 0.355 e. The van der Waals surface area contributed by atoms with Gasteiger partial charge in [0.25, 0.3) is 5.56 Å². The number of fused-ring (bicyclic) bond motifs is 1. The Labute approximate surface area is 277 Å². The molecule has 246 valence electrons. The highest BCUT2D eigenvalue weighted by Crippen LogP contribution is 2.45.